The van der Waals surface area contributed by atoms with Crippen molar-refractivity contribution in [3.63, 3.8) is 0 Å². The van der Waals surface area contributed by atoms with Gasteiger partial charge in [0, 0.05) is 6.42 Å². The van der Waals surface area contributed by atoms with Gasteiger partial charge in [-0.05, 0) is 25.5 Å². The maximum Gasteiger partial charge on any atom is 0.252 e. The third-order valence-electron chi connectivity index (χ3n) is 2.42. The summed E-state index contributed by atoms with van der Waals surface area (Å²) in [7, 11) is 0. The minimum atomic E-state index is -0.544. The Labute approximate surface area is 105 Å². The molecule has 6 nitrogen and oxygen atoms in total. The molecule has 2 amide bonds. The predicted octanol–water partition coefficient (Wildman–Crippen LogP) is 0.323. The number of ether oxygens (including phenoxy) is 1. The van der Waals surface area contributed by atoms with Crippen LogP contribution in [-0.2, 0) is 4.79 Å². The van der Waals surface area contributed by atoms with Crippen molar-refractivity contribution < 1.29 is 14.3 Å². The van der Waals surface area contributed by atoms with Gasteiger partial charge in [-0.25, -0.2) is 5.84 Å². The van der Waals surface area contributed by atoms with Crippen molar-refractivity contribution in [2.45, 2.75) is 25.9 Å². The van der Waals surface area contributed by atoms with Gasteiger partial charge in [0.05, 0.1) is 11.7 Å². The zero-order valence-corrected chi connectivity index (χ0v) is 10.2. The van der Waals surface area contributed by atoms with Crippen LogP contribution in [0.2, 0.25) is 0 Å². The quantitative estimate of drug-likeness (QED) is 0.384. The highest BCUT2D eigenvalue weighted by Gasteiger charge is 2.12. The van der Waals surface area contributed by atoms with E-state index in [1.807, 2.05) is 12.3 Å². The van der Waals surface area contributed by atoms with E-state index in [1.54, 1.807) is 24.3 Å². The first-order valence-corrected chi connectivity index (χ1v) is 5.59. The summed E-state index contributed by atoms with van der Waals surface area (Å²) in [5.41, 5.74) is 7.61. The van der Waals surface area contributed by atoms with Crippen LogP contribution in [0.3, 0.4) is 0 Å². The molecule has 6 heteroatoms. The van der Waals surface area contributed by atoms with E-state index in [2.05, 4.69) is 0 Å². The highest BCUT2D eigenvalue weighted by Crippen LogP contribution is 2.19. The predicted molar refractivity (Wildman–Crippen MR) is 66.6 cm³/mol. The maximum absolute atomic E-state index is 11.2. The van der Waals surface area contributed by atoms with E-state index in [1.165, 1.54) is 0 Å². The second-order valence-corrected chi connectivity index (χ2v) is 3.90. The van der Waals surface area contributed by atoms with Crippen LogP contribution in [0, 0.1) is 0 Å². The van der Waals surface area contributed by atoms with Gasteiger partial charge in [0.25, 0.3) is 5.91 Å². The molecular formula is C12H17N3O3. The van der Waals surface area contributed by atoms with Crippen molar-refractivity contribution in [3.05, 3.63) is 29.8 Å². The van der Waals surface area contributed by atoms with Gasteiger partial charge >= 0.3 is 0 Å². The Hall–Kier alpha value is -2.08. The fourth-order valence-electron chi connectivity index (χ4n) is 1.46. The number of rotatable bonds is 6. The van der Waals surface area contributed by atoms with Crippen molar-refractivity contribution in [1.29, 1.82) is 0 Å². The third kappa shape index (κ3) is 4.06. The Kier molecular flexibility index (Phi) is 5.13. The lowest BCUT2D eigenvalue weighted by atomic mass is 10.1. The molecule has 0 aliphatic rings. The van der Waals surface area contributed by atoms with E-state index in [4.69, 9.17) is 16.3 Å². The van der Waals surface area contributed by atoms with Crippen LogP contribution >= 0.6 is 0 Å². The molecule has 0 fully saturated rings. The molecule has 1 unspecified atom stereocenters. The van der Waals surface area contributed by atoms with E-state index >= 15 is 0 Å². The van der Waals surface area contributed by atoms with Crippen LogP contribution in [0.25, 0.3) is 0 Å². The molecule has 0 aliphatic heterocycles. The highest BCUT2D eigenvalue weighted by atomic mass is 16.5. The molecule has 0 aromatic heterocycles. The summed E-state index contributed by atoms with van der Waals surface area (Å²) >= 11 is 0. The van der Waals surface area contributed by atoms with Gasteiger partial charge in [0.1, 0.15) is 5.75 Å². The summed E-state index contributed by atoms with van der Waals surface area (Å²) in [6.45, 7) is 1.81. The number of carbonyl (C=O) groups is 2. The maximum atomic E-state index is 11.2. The summed E-state index contributed by atoms with van der Waals surface area (Å²) in [5.74, 6) is 4.60. The number of para-hydroxylation sites is 1. The van der Waals surface area contributed by atoms with Crippen LogP contribution in [0.5, 0.6) is 5.75 Å². The molecule has 18 heavy (non-hydrogen) atoms. The first kappa shape index (κ1) is 14.0. The molecule has 1 atom stereocenters. The van der Waals surface area contributed by atoms with Crippen molar-refractivity contribution >= 4 is 11.8 Å². The van der Waals surface area contributed by atoms with E-state index in [0.717, 1.165) is 0 Å². The summed E-state index contributed by atoms with van der Waals surface area (Å²) in [4.78, 5) is 22.2. The standard InChI is InChI=1S/C12H17N3O3/c1-8(6-7-11(16)15-14)18-10-5-3-2-4-9(10)12(13)17/h2-5,8H,6-7,14H2,1H3,(H2,13,17)(H,15,16). The number of hydrazine groups is 1. The van der Waals surface area contributed by atoms with Gasteiger partial charge in [-0.2, -0.15) is 0 Å². The minimum absolute atomic E-state index is 0.220. The number of hydrogen-bond donors (Lipinski definition) is 3. The summed E-state index contributed by atoms with van der Waals surface area (Å²) in [6.07, 6.45) is 0.537. The van der Waals surface area contributed by atoms with Gasteiger partial charge in [-0.15, -0.1) is 0 Å². The molecule has 0 heterocycles. The first-order valence-electron chi connectivity index (χ1n) is 5.59. The zero-order valence-electron chi connectivity index (χ0n) is 10.2. The normalized spacial score (nSPS) is 11.7. The number of benzene rings is 1. The fourth-order valence-corrected chi connectivity index (χ4v) is 1.46. The Morgan fingerprint density at radius 1 is 1.39 bits per heavy atom. The molecule has 1 rings (SSSR count). The monoisotopic (exact) mass is 251 g/mol. The molecule has 0 spiro atoms. The van der Waals surface area contributed by atoms with Crippen molar-refractivity contribution in [2.24, 2.45) is 11.6 Å². The second kappa shape index (κ2) is 6.61. The lowest BCUT2D eigenvalue weighted by Crippen LogP contribution is -2.30. The van der Waals surface area contributed by atoms with E-state index < -0.39 is 5.91 Å². The van der Waals surface area contributed by atoms with Gasteiger partial charge in [0.15, 0.2) is 0 Å². The zero-order chi connectivity index (χ0) is 13.5. The fraction of sp³-hybridized carbons (Fsp3) is 0.333. The average molecular weight is 251 g/mol. The molecule has 1 aromatic carbocycles. The van der Waals surface area contributed by atoms with Crippen molar-refractivity contribution in [3.8, 4) is 5.75 Å². The topological polar surface area (TPSA) is 107 Å². The van der Waals surface area contributed by atoms with Gasteiger partial charge in [-0.3, -0.25) is 15.0 Å². The number of carbonyl (C=O) groups excluding carboxylic acids is 2. The largest absolute Gasteiger partial charge is 0.490 e. The Morgan fingerprint density at radius 3 is 2.67 bits per heavy atom. The number of nitrogens with one attached hydrogen (secondary N) is 1. The SMILES string of the molecule is CC(CCC(=O)NN)Oc1ccccc1C(N)=O. The average Bonchev–Trinajstić information content (AvgIpc) is 2.36. The summed E-state index contributed by atoms with van der Waals surface area (Å²) < 4.78 is 5.58. The number of amides is 2. The van der Waals surface area contributed by atoms with Crippen LogP contribution in [0.4, 0.5) is 0 Å². The van der Waals surface area contributed by atoms with E-state index in [-0.39, 0.29) is 18.4 Å². The lowest BCUT2D eigenvalue weighted by molar-refractivity contribution is -0.121. The number of primary amides is 1. The van der Waals surface area contributed by atoms with E-state index in [9.17, 15) is 9.59 Å². The first-order chi connectivity index (χ1) is 8.54. The molecule has 0 saturated heterocycles. The highest BCUT2D eigenvalue weighted by molar-refractivity contribution is 5.95. The van der Waals surface area contributed by atoms with Crippen LogP contribution < -0.4 is 21.7 Å². The Balaban J connectivity index is 2.61. The smallest absolute Gasteiger partial charge is 0.252 e. The molecule has 1 aromatic rings. The van der Waals surface area contributed by atoms with Crippen LogP contribution in [0.15, 0.2) is 24.3 Å². The van der Waals surface area contributed by atoms with Crippen molar-refractivity contribution in [1.82, 2.24) is 5.43 Å². The lowest BCUT2D eigenvalue weighted by Gasteiger charge is -2.16. The third-order valence-corrected chi connectivity index (χ3v) is 2.42. The minimum Gasteiger partial charge on any atom is -0.490 e. The van der Waals surface area contributed by atoms with Gasteiger partial charge < -0.3 is 10.5 Å². The molecule has 98 valence electrons. The molecule has 0 aliphatic carbocycles. The van der Waals surface area contributed by atoms with Gasteiger partial charge in [-0.1, -0.05) is 12.1 Å². The number of hydrogen-bond acceptors (Lipinski definition) is 4. The van der Waals surface area contributed by atoms with Crippen molar-refractivity contribution in [2.75, 3.05) is 0 Å². The molecule has 0 radical (unpaired) electrons. The Morgan fingerprint density at radius 2 is 2.06 bits per heavy atom. The Bertz CT molecular complexity index is 434. The summed E-state index contributed by atoms with van der Waals surface area (Å²) in [6, 6.07) is 6.72. The molecule has 0 bridgehead atoms. The molecule has 0 saturated carbocycles. The summed E-state index contributed by atoms with van der Waals surface area (Å²) in [5, 5.41) is 0. The van der Waals surface area contributed by atoms with E-state index in [0.29, 0.717) is 17.7 Å². The van der Waals surface area contributed by atoms with Crippen LogP contribution in [0.1, 0.15) is 30.1 Å². The number of nitrogens with two attached hydrogens (primary N) is 2. The van der Waals surface area contributed by atoms with Gasteiger partial charge in [0.2, 0.25) is 5.91 Å². The molecular weight excluding hydrogens is 234 g/mol. The molecule has 5 N–H and O–H groups in total. The van der Waals surface area contributed by atoms with Crippen LogP contribution in [-0.4, -0.2) is 17.9 Å². The second-order valence-electron chi connectivity index (χ2n) is 3.90.